The number of fused-ring (bicyclic) bond motifs is 2. The van der Waals surface area contributed by atoms with E-state index >= 15 is 0 Å². The topological polar surface area (TPSA) is 87.1 Å². The zero-order valence-corrected chi connectivity index (χ0v) is 17.9. The SMILES string of the molecule is CN1CCC(C2Sc3ccccc3Oc3ccc(C(F)(F)F)cc32)CC1.O=C(O)C(=O)O. The molecule has 2 heterocycles. The number of rotatable bonds is 1. The second-order valence-corrected chi connectivity index (χ2v) is 8.77. The number of nitrogens with zero attached hydrogens (tertiary/aromatic N) is 1. The van der Waals surface area contributed by atoms with Gasteiger partial charge in [0.15, 0.2) is 0 Å². The highest BCUT2D eigenvalue weighted by molar-refractivity contribution is 7.99. The number of benzene rings is 2. The maximum atomic E-state index is 13.3. The second kappa shape index (κ2) is 9.83. The summed E-state index contributed by atoms with van der Waals surface area (Å²) in [6.45, 7) is 1.94. The molecule has 2 N–H and O–H groups in total. The minimum absolute atomic E-state index is 0.0374. The van der Waals surface area contributed by atoms with Crippen molar-refractivity contribution in [2.45, 2.75) is 29.2 Å². The Morgan fingerprint density at radius 1 is 1.03 bits per heavy atom. The molecule has 6 nitrogen and oxygen atoms in total. The number of carboxylic acids is 2. The zero-order valence-electron chi connectivity index (χ0n) is 17.1. The molecule has 32 heavy (non-hydrogen) atoms. The average Bonchev–Trinajstić information content (AvgIpc) is 2.90. The van der Waals surface area contributed by atoms with Gasteiger partial charge in [-0.1, -0.05) is 12.1 Å². The standard InChI is InChI=1S/C20H20F3NOS.C2H2O4/c1-24-10-8-13(9-11-24)19-15-12-14(20(21,22)23)6-7-16(15)25-17-4-2-3-5-18(17)26-19;3-1(4)2(5)6/h2-7,12-13,19H,8-11H2,1H3;(H,3,4)(H,5,6). The van der Waals surface area contributed by atoms with Gasteiger partial charge >= 0.3 is 18.1 Å². The van der Waals surface area contributed by atoms with Crippen molar-refractivity contribution in [1.29, 1.82) is 0 Å². The van der Waals surface area contributed by atoms with Gasteiger partial charge in [-0.25, -0.2) is 9.59 Å². The maximum absolute atomic E-state index is 13.3. The number of alkyl halides is 3. The number of hydrogen-bond acceptors (Lipinski definition) is 5. The minimum atomic E-state index is -4.35. The molecule has 0 saturated carbocycles. The number of carbonyl (C=O) groups is 2. The molecule has 1 unspecified atom stereocenters. The van der Waals surface area contributed by atoms with Gasteiger partial charge in [0.2, 0.25) is 0 Å². The van der Waals surface area contributed by atoms with Gasteiger partial charge in [-0.3, -0.25) is 0 Å². The largest absolute Gasteiger partial charge is 0.473 e. The third kappa shape index (κ3) is 5.74. The van der Waals surface area contributed by atoms with Crippen LogP contribution in [-0.4, -0.2) is 47.2 Å². The van der Waals surface area contributed by atoms with Crippen molar-refractivity contribution in [3.05, 3.63) is 53.6 Å². The molecule has 10 heteroatoms. The number of ether oxygens (including phenoxy) is 1. The Hall–Kier alpha value is -2.72. The number of piperidine rings is 1. The third-order valence-corrected chi connectivity index (χ3v) is 6.82. The highest BCUT2D eigenvalue weighted by Gasteiger charge is 2.36. The fourth-order valence-corrected chi connectivity index (χ4v) is 5.10. The number of para-hydroxylation sites is 1. The molecular weight excluding hydrogens is 447 g/mol. The van der Waals surface area contributed by atoms with Crippen molar-refractivity contribution in [1.82, 2.24) is 4.90 Å². The summed E-state index contributed by atoms with van der Waals surface area (Å²) in [5, 5.41) is 14.7. The van der Waals surface area contributed by atoms with E-state index in [4.69, 9.17) is 24.5 Å². The van der Waals surface area contributed by atoms with Gasteiger partial charge in [0.05, 0.1) is 10.5 Å². The summed E-state index contributed by atoms with van der Waals surface area (Å²) in [5.74, 6) is -2.06. The summed E-state index contributed by atoms with van der Waals surface area (Å²) in [6, 6.07) is 11.6. The molecule has 1 fully saturated rings. The van der Waals surface area contributed by atoms with Crippen LogP contribution in [0.5, 0.6) is 11.5 Å². The maximum Gasteiger partial charge on any atom is 0.416 e. The Bertz CT molecular complexity index is 978. The van der Waals surface area contributed by atoms with E-state index in [0.29, 0.717) is 23.0 Å². The Kier molecular flexibility index (Phi) is 7.35. The molecular formula is C22H22F3NO5S. The second-order valence-electron chi connectivity index (χ2n) is 7.59. The number of likely N-dealkylation sites (tertiary alicyclic amines) is 1. The van der Waals surface area contributed by atoms with Crippen LogP contribution >= 0.6 is 11.8 Å². The number of hydrogen-bond donors (Lipinski definition) is 2. The summed E-state index contributed by atoms with van der Waals surface area (Å²) in [7, 11) is 2.09. The quantitative estimate of drug-likeness (QED) is 0.559. The summed E-state index contributed by atoms with van der Waals surface area (Å²) < 4.78 is 45.9. The van der Waals surface area contributed by atoms with Crippen LogP contribution in [0.3, 0.4) is 0 Å². The van der Waals surface area contributed by atoms with Gasteiger partial charge in [0.1, 0.15) is 11.5 Å². The lowest BCUT2D eigenvalue weighted by Crippen LogP contribution is -2.32. The normalized spacial score (nSPS) is 18.8. The summed E-state index contributed by atoms with van der Waals surface area (Å²) >= 11 is 1.64. The van der Waals surface area contributed by atoms with Crippen LogP contribution in [0.4, 0.5) is 13.2 Å². The van der Waals surface area contributed by atoms with E-state index in [9.17, 15) is 13.2 Å². The van der Waals surface area contributed by atoms with Crippen LogP contribution in [0.1, 0.15) is 29.2 Å². The van der Waals surface area contributed by atoms with Crippen molar-refractivity contribution >= 4 is 23.7 Å². The van der Waals surface area contributed by atoms with Crippen molar-refractivity contribution < 1.29 is 37.7 Å². The highest BCUT2D eigenvalue weighted by atomic mass is 32.2. The van der Waals surface area contributed by atoms with E-state index in [-0.39, 0.29) is 5.25 Å². The summed E-state index contributed by atoms with van der Waals surface area (Å²) in [5.41, 5.74) is 0.0555. The Labute approximate surface area is 187 Å². The van der Waals surface area contributed by atoms with E-state index in [0.717, 1.165) is 36.9 Å². The van der Waals surface area contributed by atoms with Crippen molar-refractivity contribution in [3.63, 3.8) is 0 Å². The van der Waals surface area contributed by atoms with Crippen LogP contribution < -0.4 is 4.74 Å². The Morgan fingerprint density at radius 2 is 1.66 bits per heavy atom. The van der Waals surface area contributed by atoms with Crippen LogP contribution in [-0.2, 0) is 15.8 Å². The van der Waals surface area contributed by atoms with Gasteiger partial charge in [-0.2, -0.15) is 13.2 Å². The first-order valence-electron chi connectivity index (χ1n) is 9.85. The molecule has 0 bridgehead atoms. The van der Waals surface area contributed by atoms with E-state index in [1.807, 2.05) is 24.3 Å². The lowest BCUT2D eigenvalue weighted by Gasteiger charge is -2.34. The first kappa shape index (κ1) is 23.9. The van der Waals surface area contributed by atoms with Gasteiger partial charge in [-0.05, 0) is 69.2 Å². The van der Waals surface area contributed by atoms with E-state index in [2.05, 4.69) is 11.9 Å². The molecule has 2 aliphatic rings. The molecule has 2 aliphatic heterocycles. The van der Waals surface area contributed by atoms with Crippen LogP contribution in [0.15, 0.2) is 47.4 Å². The van der Waals surface area contributed by atoms with E-state index in [1.165, 1.54) is 12.1 Å². The predicted octanol–water partition coefficient (Wildman–Crippen LogP) is 5.14. The molecule has 1 saturated heterocycles. The van der Waals surface area contributed by atoms with Crippen molar-refractivity contribution in [2.75, 3.05) is 20.1 Å². The minimum Gasteiger partial charge on any atom is -0.473 e. The lowest BCUT2D eigenvalue weighted by molar-refractivity contribution is -0.159. The number of carboxylic acid groups (broad SMARTS) is 2. The van der Waals surface area contributed by atoms with Gasteiger partial charge in [0, 0.05) is 10.8 Å². The van der Waals surface area contributed by atoms with Crippen LogP contribution in [0, 0.1) is 5.92 Å². The van der Waals surface area contributed by atoms with Gasteiger partial charge < -0.3 is 19.8 Å². The molecule has 0 radical (unpaired) electrons. The molecule has 4 rings (SSSR count). The Morgan fingerprint density at radius 3 is 2.25 bits per heavy atom. The smallest absolute Gasteiger partial charge is 0.416 e. The third-order valence-electron chi connectivity index (χ3n) is 5.34. The monoisotopic (exact) mass is 469 g/mol. The van der Waals surface area contributed by atoms with Crippen LogP contribution in [0.25, 0.3) is 0 Å². The highest BCUT2D eigenvalue weighted by Crippen LogP contribution is 2.53. The molecule has 1 atom stereocenters. The fraction of sp³-hybridized carbons (Fsp3) is 0.364. The lowest BCUT2D eigenvalue weighted by atomic mass is 9.88. The number of thioether (sulfide) groups is 1. The summed E-state index contributed by atoms with van der Waals surface area (Å²) in [6.07, 6.45) is -2.39. The van der Waals surface area contributed by atoms with Gasteiger partial charge in [0.25, 0.3) is 0 Å². The molecule has 0 aliphatic carbocycles. The first-order valence-corrected chi connectivity index (χ1v) is 10.7. The van der Waals surface area contributed by atoms with Crippen LogP contribution in [0.2, 0.25) is 0 Å². The molecule has 0 spiro atoms. The molecule has 172 valence electrons. The van der Waals surface area contributed by atoms with Gasteiger partial charge in [-0.15, -0.1) is 11.8 Å². The first-order chi connectivity index (χ1) is 15.1. The van der Waals surface area contributed by atoms with Crippen molar-refractivity contribution in [2.24, 2.45) is 5.92 Å². The van der Waals surface area contributed by atoms with Crippen molar-refractivity contribution in [3.8, 4) is 11.5 Å². The molecule has 2 aromatic carbocycles. The number of halogens is 3. The molecule has 2 aromatic rings. The predicted molar refractivity (Wildman–Crippen MR) is 112 cm³/mol. The van der Waals surface area contributed by atoms with E-state index < -0.39 is 23.7 Å². The zero-order chi connectivity index (χ0) is 23.5. The van der Waals surface area contributed by atoms with E-state index in [1.54, 1.807) is 11.8 Å². The number of aliphatic carboxylic acids is 2. The molecule has 0 amide bonds. The average molecular weight is 469 g/mol. The summed E-state index contributed by atoms with van der Waals surface area (Å²) in [4.78, 5) is 21.5. The Balaban J connectivity index is 0.000000427. The fourth-order valence-electron chi connectivity index (χ4n) is 3.67. The molecule has 0 aromatic heterocycles.